The van der Waals surface area contributed by atoms with E-state index >= 15 is 0 Å². The number of hydrogen-bond acceptors (Lipinski definition) is 6. The third-order valence-electron chi connectivity index (χ3n) is 8.14. The summed E-state index contributed by atoms with van der Waals surface area (Å²) in [5.74, 6) is 1.73. The normalized spacial score (nSPS) is 22.8. The molecule has 3 aliphatic rings. The van der Waals surface area contributed by atoms with E-state index in [0.29, 0.717) is 34.8 Å². The standard InChI is InChI=1S/C26H26F3N7/c27-26(28,29)21-11-16-15(6-9-32-23(16)34-21)24-33-19-13-30-12-17(14-3-1-4-14)22(19)25(35-24)36-10-7-18-20(36)5-2-8-31-18/h6,9,11-14,18,20,31H,1-5,7-8,10H2,(H,32,34)/t18-,20-/m1/s1. The van der Waals surface area contributed by atoms with Crippen LogP contribution in [0.3, 0.4) is 0 Å². The number of nitrogens with zero attached hydrogens (tertiary/aromatic N) is 5. The van der Waals surface area contributed by atoms with E-state index in [2.05, 4.69) is 25.2 Å². The van der Waals surface area contributed by atoms with E-state index in [1.54, 1.807) is 12.3 Å². The van der Waals surface area contributed by atoms with Gasteiger partial charge in [-0.1, -0.05) is 6.42 Å². The van der Waals surface area contributed by atoms with Gasteiger partial charge in [0.05, 0.1) is 11.7 Å². The zero-order valence-corrected chi connectivity index (χ0v) is 19.6. The highest BCUT2D eigenvalue weighted by Crippen LogP contribution is 2.44. The molecule has 7 rings (SSSR count). The quantitative estimate of drug-likeness (QED) is 0.409. The van der Waals surface area contributed by atoms with Crippen molar-refractivity contribution >= 4 is 27.8 Å². The van der Waals surface area contributed by atoms with Gasteiger partial charge in [0.1, 0.15) is 17.2 Å². The molecule has 2 aliphatic heterocycles. The smallest absolute Gasteiger partial charge is 0.351 e. The first-order chi connectivity index (χ1) is 17.5. The Kier molecular flexibility index (Phi) is 4.96. The van der Waals surface area contributed by atoms with Gasteiger partial charge in [-0.15, -0.1) is 0 Å². The Morgan fingerprint density at radius 1 is 1.03 bits per heavy atom. The summed E-state index contributed by atoms with van der Waals surface area (Å²) in [7, 11) is 0. The predicted molar refractivity (Wildman–Crippen MR) is 131 cm³/mol. The van der Waals surface area contributed by atoms with Gasteiger partial charge in [0, 0.05) is 47.4 Å². The van der Waals surface area contributed by atoms with E-state index in [-0.39, 0.29) is 5.65 Å². The number of fused-ring (bicyclic) bond motifs is 3. The highest BCUT2D eigenvalue weighted by molar-refractivity contribution is 5.97. The third-order valence-corrected chi connectivity index (χ3v) is 8.14. The van der Waals surface area contributed by atoms with Crippen molar-refractivity contribution in [3.8, 4) is 11.4 Å². The van der Waals surface area contributed by atoms with Crippen LogP contribution in [0.2, 0.25) is 0 Å². The van der Waals surface area contributed by atoms with E-state index < -0.39 is 11.9 Å². The lowest BCUT2D eigenvalue weighted by Crippen LogP contribution is -2.47. The van der Waals surface area contributed by atoms with Gasteiger partial charge in [-0.2, -0.15) is 13.2 Å². The molecule has 36 heavy (non-hydrogen) atoms. The lowest BCUT2D eigenvalue weighted by atomic mass is 9.79. The summed E-state index contributed by atoms with van der Waals surface area (Å²) in [5, 5.41) is 5.06. The molecule has 0 bridgehead atoms. The van der Waals surface area contributed by atoms with Gasteiger partial charge >= 0.3 is 6.18 Å². The molecular formula is C26H26F3N7. The lowest BCUT2D eigenvalue weighted by molar-refractivity contribution is -0.140. The van der Waals surface area contributed by atoms with Crippen LogP contribution in [0.5, 0.6) is 0 Å². The minimum Gasteiger partial charge on any atom is -0.351 e. The number of pyridine rings is 2. The summed E-state index contributed by atoms with van der Waals surface area (Å²) >= 11 is 0. The number of alkyl halides is 3. The topological polar surface area (TPSA) is 82.6 Å². The van der Waals surface area contributed by atoms with Crippen LogP contribution in [0, 0.1) is 0 Å². The maximum Gasteiger partial charge on any atom is 0.431 e. The number of halogens is 3. The summed E-state index contributed by atoms with van der Waals surface area (Å²) in [4.78, 5) is 23.4. The molecule has 4 aromatic rings. The number of H-pyrrole nitrogens is 1. The summed E-state index contributed by atoms with van der Waals surface area (Å²) in [5.41, 5.74) is 1.80. The van der Waals surface area contributed by atoms with Crippen LogP contribution in [0.25, 0.3) is 33.3 Å². The molecule has 2 N–H and O–H groups in total. The van der Waals surface area contributed by atoms with Gasteiger partial charge in [0.2, 0.25) is 0 Å². The van der Waals surface area contributed by atoms with Gasteiger partial charge in [0.25, 0.3) is 0 Å². The van der Waals surface area contributed by atoms with Gasteiger partial charge in [-0.25, -0.2) is 15.0 Å². The van der Waals surface area contributed by atoms with Crippen molar-refractivity contribution in [2.45, 2.75) is 62.7 Å². The van der Waals surface area contributed by atoms with Crippen molar-refractivity contribution in [2.75, 3.05) is 18.0 Å². The zero-order chi connectivity index (χ0) is 24.4. The van der Waals surface area contributed by atoms with Crippen molar-refractivity contribution in [3.63, 3.8) is 0 Å². The minimum atomic E-state index is -4.49. The molecule has 4 aromatic heterocycles. The molecule has 10 heteroatoms. The fourth-order valence-corrected chi connectivity index (χ4v) is 6.13. The summed E-state index contributed by atoms with van der Waals surface area (Å²) in [6, 6.07) is 3.56. The van der Waals surface area contributed by atoms with E-state index in [9.17, 15) is 13.2 Å². The summed E-state index contributed by atoms with van der Waals surface area (Å²) in [6.45, 7) is 1.92. The second-order valence-corrected chi connectivity index (χ2v) is 10.2. The van der Waals surface area contributed by atoms with Crippen molar-refractivity contribution < 1.29 is 13.2 Å². The van der Waals surface area contributed by atoms with Crippen molar-refractivity contribution in [1.29, 1.82) is 0 Å². The largest absolute Gasteiger partial charge is 0.431 e. The Morgan fingerprint density at radius 2 is 1.92 bits per heavy atom. The number of nitrogens with one attached hydrogen (secondary N) is 2. The van der Waals surface area contributed by atoms with Gasteiger partial charge < -0.3 is 15.2 Å². The second kappa shape index (κ2) is 8.12. The van der Waals surface area contributed by atoms with Crippen LogP contribution in [0.1, 0.15) is 55.7 Å². The number of rotatable bonds is 3. The first-order valence-corrected chi connectivity index (χ1v) is 12.7. The SMILES string of the molecule is FC(F)(F)c1cc2c(-c3nc(N4CC[C@H]5NCCC[C@H]54)c4c(C5CCC5)cncc4n3)ccnc2[nH]1. The van der Waals surface area contributed by atoms with E-state index in [0.717, 1.165) is 68.0 Å². The fourth-order valence-electron chi connectivity index (χ4n) is 6.13. The predicted octanol–water partition coefficient (Wildman–Crippen LogP) is 5.19. The number of aromatic nitrogens is 5. The molecule has 7 nitrogen and oxygen atoms in total. The summed E-state index contributed by atoms with van der Waals surface area (Å²) in [6.07, 6.45) is 7.43. The summed E-state index contributed by atoms with van der Waals surface area (Å²) < 4.78 is 40.3. The highest BCUT2D eigenvalue weighted by atomic mass is 19.4. The zero-order valence-electron chi connectivity index (χ0n) is 19.6. The molecule has 2 saturated heterocycles. The Labute approximate surface area is 205 Å². The lowest BCUT2D eigenvalue weighted by Gasteiger charge is -2.34. The van der Waals surface area contributed by atoms with E-state index in [4.69, 9.17) is 9.97 Å². The molecule has 0 spiro atoms. The third kappa shape index (κ3) is 3.45. The number of aromatic amines is 1. The fraction of sp³-hybridized carbons (Fsp3) is 0.462. The molecule has 6 heterocycles. The maximum atomic E-state index is 13.4. The molecule has 186 valence electrons. The Balaban J connectivity index is 1.45. The van der Waals surface area contributed by atoms with Gasteiger partial charge in [0.15, 0.2) is 5.82 Å². The van der Waals surface area contributed by atoms with E-state index in [1.807, 2.05) is 6.20 Å². The van der Waals surface area contributed by atoms with Gasteiger partial charge in [-0.05, 0) is 62.3 Å². The average molecular weight is 494 g/mol. The van der Waals surface area contributed by atoms with Crippen LogP contribution in [-0.2, 0) is 6.18 Å². The monoisotopic (exact) mass is 493 g/mol. The average Bonchev–Trinajstić information content (AvgIpc) is 3.47. The Morgan fingerprint density at radius 3 is 2.72 bits per heavy atom. The van der Waals surface area contributed by atoms with Crippen molar-refractivity contribution in [1.82, 2.24) is 30.2 Å². The molecule has 0 aromatic carbocycles. The van der Waals surface area contributed by atoms with Crippen LogP contribution in [0.15, 0.2) is 30.7 Å². The first-order valence-electron chi connectivity index (χ1n) is 12.7. The molecular weight excluding hydrogens is 467 g/mol. The first kappa shape index (κ1) is 22.0. The number of piperidine rings is 1. The van der Waals surface area contributed by atoms with Crippen molar-refractivity contribution in [2.24, 2.45) is 0 Å². The molecule has 0 unspecified atom stereocenters. The second-order valence-electron chi connectivity index (χ2n) is 10.2. The number of hydrogen-bond donors (Lipinski definition) is 2. The van der Waals surface area contributed by atoms with Crippen LogP contribution >= 0.6 is 0 Å². The molecule has 0 amide bonds. The highest BCUT2D eigenvalue weighted by Gasteiger charge is 2.38. The van der Waals surface area contributed by atoms with Crippen LogP contribution in [0.4, 0.5) is 19.0 Å². The molecule has 0 radical (unpaired) electrons. The van der Waals surface area contributed by atoms with Crippen LogP contribution in [-0.4, -0.2) is 50.1 Å². The molecule has 1 saturated carbocycles. The number of anilines is 1. The van der Waals surface area contributed by atoms with E-state index in [1.165, 1.54) is 18.2 Å². The molecule has 2 atom stereocenters. The van der Waals surface area contributed by atoms with Crippen LogP contribution < -0.4 is 10.2 Å². The Bertz CT molecular complexity index is 1460. The molecule has 3 fully saturated rings. The van der Waals surface area contributed by atoms with Gasteiger partial charge in [-0.3, -0.25) is 4.98 Å². The molecule has 1 aliphatic carbocycles. The maximum absolute atomic E-state index is 13.4. The van der Waals surface area contributed by atoms with Crippen molar-refractivity contribution in [3.05, 3.63) is 42.0 Å². The Hall–Kier alpha value is -3.27. The minimum absolute atomic E-state index is 0.170.